The maximum Gasteiger partial charge on any atom is 0.273 e. The van der Waals surface area contributed by atoms with Crippen molar-refractivity contribution >= 4 is 17.2 Å². The molecule has 0 fully saturated rings. The van der Waals surface area contributed by atoms with Gasteiger partial charge in [-0.05, 0) is 23.3 Å². The monoisotopic (exact) mass is 410 g/mol. The van der Waals surface area contributed by atoms with E-state index in [1.54, 1.807) is 12.0 Å². The molecule has 2 heterocycles. The van der Waals surface area contributed by atoms with Gasteiger partial charge in [0.1, 0.15) is 5.69 Å². The second-order valence-electron chi connectivity index (χ2n) is 6.70. The molecule has 0 atom stereocenters. The molecule has 0 saturated carbocycles. The molecule has 0 spiro atoms. The second-order valence-corrected chi connectivity index (χ2v) is 7.64. The van der Waals surface area contributed by atoms with Gasteiger partial charge in [-0.3, -0.25) is 4.79 Å². The molecule has 1 aliphatic heterocycles. The molecule has 6 nitrogen and oxygen atoms in total. The minimum Gasteiger partial charge on any atom is -0.454 e. The molecule has 4 rings (SSSR count). The summed E-state index contributed by atoms with van der Waals surface area (Å²) in [4.78, 5) is 19.4. The number of ether oxygens (including phenoxy) is 3. The fourth-order valence-electron chi connectivity index (χ4n) is 3.14. The largest absolute Gasteiger partial charge is 0.454 e. The third-order valence-electron chi connectivity index (χ3n) is 4.63. The third-order valence-corrected chi connectivity index (χ3v) is 5.48. The number of hydrogen-bond acceptors (Lipinski definition) is 6. The Kier molecular flexibility index (Phi) is 6.07. The van der Waals surface area contributed by atoms with Crippen molar-refractivity contribution in [2.75, 3.05) is 27.1 Å². The smallest absolute Gasteiger partial charge is 0.273 e. The summed E-state index contributed by atoms with van der Waals surface area (Å²) < 4.78 is 16.0. The van der Waals surface area contributed by atoms with Crippen molar-refractivity contribution in [3.8, 4) is 11.5 Å². The molecular formula is C22H22N2O4S. The summed E-state index contributed by atoms with van der Waals surface area (Å²) in [5, 5.41) is 2.76. The zero-order valence-electron chi connectivity index (χ0n) is 16.2. The highest BCUT2D eigenvalue weighted by atomic mass is 32.1. The van der Waals surface area contributed by atoms with E-state index in [2.05, 4.69) is 17.1 Å². The van der Waals surface area contributed by atoms with Gasteiger partial charge in [0.25, 0.3) is 5.91 Å². The zero-order valence-corrected chi connectivity index (χ0v) is 17.0. The summed E-state index contributed by atoms with van der Waals surface area (Å²) in [6, 6.07) is 15.9. The first-order valence-electron chi connectivity index (χ1n) is 9.38. The molecule has 1 aliphatic rings. The number of benzene rings is 2. The standard InChI is InChI=1S/C22H22N2O4S/c1-26-10-9-24(13-17-7-8-19-20(11-17)28-15-27-19)22(25)18-14-29-21(23-18)12-16-5-3-2-4-6-16/h2-8,11,14H,9-10,12-13,15H2,1H3. The number of amides is 1. The minimum absolute atomic E-state index is 0.102. The molecule has 29 heavy (non-hydrogen) atoms. The number of rotatable bonds is 8. The zero-order chi connectivity index (χ0) is 20.1. The predicted octanol–water partition coefficient (Wildman–Crippen LogP) is 3.75. The number of fused-ring (bicyclic) bond motifs is 1. The Balaban J connectivity index is 1.48. The molecule has 0 unspecified atom stereocenters. The van der Waals surface area contributed by atoms with E-state index < -0.39 is 0 Å². The highest BCUT2D eigenvalue weighted by molar-refractivity contribution is 7.09. The molecule has 0 N–H and O–H groups in total. The van der Waals surface area contributed by atoms with Crippen LogP contribution in [0.5, 0.6) is 11.5 Å². The van der Waals surface area contributed by atoms with Crippen LogP contribution in [0.4, 0.5) is 0 Å². The highest BCUT2D eigenvalue weighted by Crippen LogP contribution is 2.33. The molecular weight excluding hydrogens is 388 g/mol. The lowest BCUT2D eigenvalue weighted by Crippen LogP contribution is -2.33. The van der Waals surface area contributed by atoms with E-state index in [0.717, 1.165) is 22.7 Å². The van der Waals surface area contributed by atoms with Gasteiger partial charge >= 0.3 is 0 Å². The summed E-state index contributed by atoms with van der Waals surface area (Å²) in [6.45, 7) is 1.62. The molecule has 0 radical (unpaired) electrons. The van der Waals surface area contributed by atoms with Crippen LogP contribution in [0.2, 0.25) is 0 Å². The first-order valence-corrected chi connectivity index (χ1v) is 10.3. The van der Waals surface area contributed by atoms with E-state index in [4.69, 9.17) is 14.2 Å². The fourth-order valence-corrected chi connectivity index (χ4v) is 3.94. The van der Waals surface area contributed by atoms with Gasteiger partial charge < -0.3 is 19.1 Å². The first-order chi connectivity index (χ1) is 14.2. The molecule has 1 aromatic heterocycles. The molecule has 7 heteroatoms. The van der Waals surface area contributed by atoms with Crippen molar-refractivity contribution < 1.29 is 19.0 Å². The second kappa shape index (κ2) is 9.07. The number of methoxy groups -OCH3 is 1. The molecule has 0 bridgehead atoms. The van der Waals surface area contributed by atoms with Crippen molar-refractivity contribution in [3.63, 3.8) is 0 Å². The van der Waals surface area contributed by atoms with Gasteiger partial charge in [-0.1, -0.05) is 36.4 Å². The van der Waals surface area contributed by atoms with Gasteiger partial charge in [0.15, 0.2) is 11.5 Å². The van der Waals surface area contributed by atoms with Crippen LogP contribution < -0.4 is 9.47 Å². The lowest BCUT2D eigenvalue weighted by molar-refractivity contribution is 0.0675. The summed E-state index contributed by atoms with van der Waals surface area (Å²) in [7, 11) is 1.63. The first kappa shape index (κ1) is 19.4. The lowest BCUT2D eigenvalue weighted by Gasteiger charge is -2.21. The van der Waals surface area contributed by atoms with E-state index in [-0.39, 0.29) is 12.7 Å². The van der Waals surface area contributed by atoms with Gasteiger partial charge in [-0.25, -0.2) is 4.98 Å². The summed E-state index contributed by atoms with van der Waals surface area (Å²) >= 11 is 1.51. The van der Waals surface area contributed by atoms with E-state index in [0.29, 0.717) is 31.1 Å². The van der Waals surface area contributed by atoms with Crippen molar-refractivity contribution in [2.45, 2.75) is 13.0 Å². The van der Waals surface area contributed by atoms with Gasteiger partial charge in [-0.2, -0.15) is 0 Å². The average molecular weight is 410 g/mol. The van der Waals surface area contributed by atoms with Gasteiger partial charge in [-0.15, -0.1) is 11.3 Å². The Morgan fingerprint density at radius 2 is 1.97 bits per heavy atom. The molecule has 1 amide bonds. The highest BCUT2D eigenvalue weighted by Gasteiger charge is 2.21. The average Bonchev–Trinajstić information content (AvgIpc) is 3.40. The van der Waals surface area contributed by atoms with E-state index in [1.807, 2.05) is 41.8 Å². The molecule has 0 aliphatic carbocycles. The van der Waals surface area contributed by atoms with E-state index >= 15 is 0 Å². The Hall–Kier alpha value is -2.90. The SMILES string of the molecule is COCCN(Cc1ccc2c(c1)OCO2)C(=O)c1csc(Cc2ccccc2)n1. The predicted molar refractivity (Wildman–Crippen MR) is 111 cm³/mol. The van der Waals surface area contributed by atoms with E-state index in [1.165, 1.54) is 16.9 Å². The van der Waals surface area contributed by atoms with Crippen LogP contribution in [0.25, 0.3) is 0 Å². The van der Waals surface area contributed by atoms with Crippen LogP contribution in [-0.4, -0.2) is 42.8 Å². The van der Waals surface area contributed by atoms with Crippen LogP contribution >= 0.6 is 11.3 Å². The van der Waals surface area contributed by atoms with Crippen molar-refractivity contribution in [1.82, 2.24) is 9.88 Å². The van der Waals surface area contributed by atoms with Crippen LogP contribution in [0.15, 0.2) is 53.9 Å². The molecule has 150 valence electrons. The number of carbonyl (C=O) groups is 1. The maximum absolute atomic E-state index is 13.1. The Morgan fingerprint density at radius 3 is 2.79 bits per heavy atom. The molecule has 0 saturated heterocycles. The Morgan fingerprint density at radius 1 is 1.14 bits per heavy atom. The normalized spacial score (nSPS) is 12.2. The van der Waals surface area contributed by atoms with Crippen molar-refractivity contribution in [3.05, 3.63) is 75.7 Å². The van der Waals surface area contributed by atoms with Gasteiger partial charge in [0, 0.05) is 32.0 Å². The maximum atomic E-state index is 13.1. The number of carbonyl (C=O) groups excluding carboxylic acids is 1. The fraction of sp³-hybridized carbons (Fsp3) is 0.273. The minimum atomic E-state index is -0.102. The van der Waals surface area contributed by atoms with Gasteiger partial charge in [0.05, 0.1) is 11.6 Å². The summed E-state index contributed by atoms with van der Waals surface area (Å²) in [5.41, 5.74) is 2.62. The van der Waals surface area contributed by atoms with Crippen molar-refractivity contribution in [2.24, 2.45) is 0 Å². The number of aromatic nitrogens is 1. The molecule has 3 aromatic rings. The van der Waals surface area contributed by atoms with Crippen LogP contribution in [0.1, 0.15) is 26.6 Å². The summed E-state index contributed by atoms with van der Waals surface area (Å²) in [6.07, 6.45) is 0.721. The number of nitrogens with zero attached hydrogens (tertiary/aromatic N) is 2. The van der Waals surface area contributed by atoms with Gasteiger partial charge in [0.2, 0.25) is 6.79 Å². The Bertz CT molecular complexity index is 974. The topological polar surface area (TPSA) is 60.9 Å². The van der Waals surface area contributed by atoms with Crippen LogP contribution in [0.3, 0.4) is 0 Å². The molecule has 2 aromatic carbocycles. The number of hydrogen-bond donors (Lipinski definition) is 0. The lowest BCUT2D eigenvalue weighted by atomic mass is 10.1. The van der Waals surface area contributed by atoms with Crippen LogP contribution in [-0.2, 0) is 17.7 Å². The van der Waals surface area contributed by atoms with Crippen LogP contribution in [0, 0.1) is 0 Å². The quantitative estimate of drug-likeness (QED) is 0.566. The Labute approximate surface area is 173 Å². The van der Waals surface area contributed by atoms with E-state index in [9.17, 15) is 4.79 Å². The third kappa shape index (κ3) is 4.75. The summed E-state index contributed by atoms with van der Waals surface area (Å²) in [5.74, 6) is 1.34. The number of thiazole rings is 1. The van der Waals surface area contributed by atoms with Crippen molar-refractivity contribution in [1.29, 1.82) is 0 Å².